The summed E-state index contributed by atoms with van der Waals surface area (Å²) in [7, 11) is 0. The summed E-state index contributed by atoms with van der Waals surface area (Å²) in [5.74, 6) is 1.79. The van der Waals surface area contributed by atoms with Crippen molar-refractivity contribution < 1.29 is 9.32 Å². The fourth-order valence-corrected chi connectivity index (χ4v) is 3.97. The number of aromatic nitrogens is 1. The van der Waals surface area contributed by atoms with Gasteiger partial charge in [-0.3, -0.25) is 14.6 Å². The molecule has 6 heteroatoms. The van der Waals surface area contributed by atoms with E-state index in [1.807, 2.05) is 19.9 Å². The van der Waals surface area contributed by atoms with Crippen LogP contribution in [0.4, 0.5) is 0 Å². The monoisotopic (exact) mass is 348 g/mol. The highest BCUT2D eigenvalue weighted by Crippen LogP contribution is 2.22. The molecule has 2 heterocycles. The van der Waals surface area contributed by atoms with Crippen LogP contribution in [-0.2, 0) is 11.3 Å². The Morgan fingerprint density at radius 2 is 2.00 bits per heavy atom. The van der Waals surface area contributed by atoms with E-state index < -0.39 is 0 Å². The van der Waals surface area contributed by atoms with Crippen molar-refractivity contribution in [3.63, 3.8) is 0 Å². The van der Waals surface area contributed by atoms with E-state index >= 15 is 0 Å². The third-order valence-electron chi connectivity index (χ3n) is 5.68. The molecule has 0 bridgehead atoms. The smallest absolute Gasteiger partial charge is 0.237 e. The highest BCUT2D eigenvalue weighted by atomic mass is 16.5. The number of rotatable bonds is 6. The first kappa shape index (κ1) is 18.4. The van der Waals surface area contributed by atoms with Crippen molar-refractivity contribution in [2.24, 2.45) is 5.92 Å². The molecule has 25 heavy (non-hydrogen) atoms. The summed E-state index contributed by atoms with van der Waals surface area (Å²) in [5, 5.41) is 7.13. The molecular weight excluding hydrogens is 316 g/mol. The topological polar surface area (TPSA) is 61.6 Å². The lowest BCUT2D eigenvalue weighted by Gasteiger charge is -2.37. The molecule has 1 saturated heterocycles. The number of carbonyl (C=O) groups is 1. The molecule has 1 aliphatic heterocycles. The van der Waals surface area contributed by atoms with Gasteiger partial charge >= 0.3 is 0 Å². The van der Waals surface area contributed by atoms with Gasteiger partial charge in [-0.15, -0.1) is 0 Å². The molecule has 1 aromatic heterocycles. The van der Waals surface area contributed by atoms with Gasteiger partial charge in [0, 0.05) is 38.8 Å². The predicted octanol–water partition coefficient (Wildman–Crippen LogP) is 2.19. The quantitative estimate of drug-likeness (QED) is 0.854. The second-order valence-corrected chi connectivity index (χ2v) is 7.67. The van der Waals surface area contributed by atoms with Crippen LogP contribution in [0, 0.1) is 12.8 Å². The molecule has 1 atom stereocenters. The standard InChI is InChI=1S/C19H32N4O2/c1-15-12-18(25-21-15)14-22-8-10-23(11-9-22)16(2)19(24)20-13-17-6-4-3-5-7-17/h12,16-17H,3-11,13-14H2,1-2H3,(H,20,24). The molecule has 1 unspecified atom stereocenters. The summed E-state index contributed by atoms with van der Waals surface area (Å²) in [6.07, 6.45) is 6.55. The van der Waals surface area contributed by atoms with Crippen LogP contribution in [0.5, 0.6) is 0 Å². The summed E-state index contributed by atoms with van der Waals surface area (Å²) in [6, 6.07) is 1.95. The first-order valence-corrected chi connectivity index (χ1v) is 9.78. The number of piperazine rings is 1. The van der Waals surface area contributed by atoms with E-state index in [4.69, 9.17) is 4.52 Å². The minimum absolute atomic E-state index is 0.0433. The lowest BCUT2D eigenvalue weighted by atomic mass is 9.89. The SMILES string of the molecule is Cc1cc(CN2CCN(C(C)C(=O)NCC3CCCCC3)CC2)on1. The molecule has 0 radical (unpaired) electrons. The van der Waals surface area contributed by atoms with Gasteiger partial charge in [0.1, 0.15) is 0 Å². The molecular formula is C19H32N4O2. The van der Waals surface area contributed by atoms with Gasteiger partial charge in [-0.25, -0.2) is 0 Å². The third kappa shape index (κ3) is 5.28. The van der Waals surface area contributed by atoms with Gasteiger partial charge in [0.2, 0.25) is 5.91 Å². The zero-order chi connectivity index (χ0) is 17.6. The first-order valence-electron chi connectivity index (χ1n) is 9.78. The fourth-order valence-electron chi connectivity index (χ4n) is 3.97. The van der Waals surface area contributed by atoms with E-state index in [0.29, 0.717) is 5.92 Å². The molecule has 1 aliphatic carbocycles. The van der Waals surface area contributed by atoms with Gasteiger partial charge in [0.15, 0.2) is 5.76 Å². The lowest BCUT2D eigenvalue weighted by molar-refractivity contribution is -0.126. The van der Waals surface area contributed by atoms with Crippen molar-refractivity contribution in [3.05, 3.63) is 17.5 Å². The normalized spacial score (nSPS) is 22.0. The molecule has 1 aromatic rings. The Morgan fingerprint density at radius 3 is 2.64 bits per heavy atom. The first-order chi connectivity index (χ1) is 12.1. The van der Waals surface area contributed by atoms with Gasteiger partial charge < -0.3 is 9.84 Å². The zero-order valence-electron chi connectivity index (χ0n) is 15.7. The maximum Gasteiger partial charge on any atom is 0.237 e. The van der Waals surface area contributed by atoms with Crippen molar-refractivity contribution in [3.8, 4) is 0 Å². The number of hydrogen-bond acceptors (Lipinski definition) is 5. The van der Waals surface area contributed by atoms with Gasteiger partial charge in [0.05, 0.1) is 18.3 Å². The Labute approximate surface area is 150 Å². The second-order valence-electron chi connectivity index (χ2n) is 7.67. The van der Waals surface area contributed by atoms with E-state index in [1.54, 1.807) is 0 Å². The molecule has 2 fully saturated rings. The molecule has 0 spiro atoms. The average Bonchev–Trinajstić information content (AvgIpc) is 3.05. The van der Waals surface area contributed by atoms with Crippen LogP contribution in [0.15, 0.2) is 10.6 Å². The largest absolute Gasteiger partial charge is 0.360 e. The molecule has 140 valence electrons. The Hall–Kier alpha value is -1.40. The highest BCUT2D eigenvalue weighted by molar-refractivity contribution is 5.81. The molecule has 1 amide bonds. The van der Waals surface area contributed by atoms with E-state index in [9.17, 15) is 4.79 Å². The number of carbonyl (C=O) groups excluding carboxylic acids is 1. The van der Waals surface area contributed by atoms with Gasteiger partial charge in [-0.2, -0.15) is 0 Å². The van der Waals surface area contributed by atoms with Crippen LogP contribution in [-0.4, -0.2) is 59.6 Å². The van der Waals surface area contributed by atoms with Crippen LogP contribution in [0.2, 0.25) is 0 Å². The third-order valence-corrected chi connectivity index (χ3v) is 5.68. The van der Waals surface area contributed by atoms with E-state index in [1.165, 1.54) is 32.1 Å². The molecule has 1 saturated carbocycles. The van der Waals surface area contributed by atoms with Crippen molar-refractivity contribution in [1.82, 2.24) is 20.3 Å². The summed E-state index contributed by atoms with van der Waals surface area (Å²) >= 11 is 0. The number of nitrogens with zero attached hydrogens (tertiary/aromatic N) is 3. The van der Waals surface area contributed by atoms with Crippen LogP contribution < -0.4 is 5.32 Å². The van der Waals surface area contributed by atoms with E-state index in [-0.39, 0.29) is 11.9 Å². The minimum Gasteiger partial charge on any atom is -0.360 e. The minimum atomic E-state index is -0.0433. The van der Waals surface area contributed by atoms with Gasteiger partial charge in [0.25, 0.3) is 0 Å². The van der Waals surface area contributed by atoms with Crippen LogP contribution in [0.3, 0.4) is 0 Å². The van der Waals surface area contributed by atoms with Crippen LogP contribution in [0.25, 0.3) is 0 Å². The second kappa shape index (κ2) is 8.81. The molecule has 1 N–H and O–H groups in total. The van der Waals surface area contributed by atoms with E-state index in [0.717, 1.165) is 50.7 Å². The number of nitrogens with one attached hydrogen (secondary N) is 1. The van der Waals surface area contributed by atoms with Crippen molar-refractivity contribution in [2.45, 2.75) is 58.5 Å². The summed E-state index contributed by atoms with van der Waals surface area (Å²) < 4.78 is 5.30. The Balaban J connectivity index is 1.38. The summed E-state index contributed by atoms with van der Waals surface area (Å²) in [6.45, 7) is 9.39. The van der Waals surface area contributed by atoms with Gasteiger partial charge in [-0.1, -0.05) is 24.4 Å². The van der Waals surface area contributed by atoms with Gasteiger partial charge in [-0.05, 0) is 32.6 Å². The van der Waals surface area contributed by atoms with Crippen LogP contribution >= 0.6 is 0 Å². The summed E-state index contributed by atoms with van der Waals surface area (Å²) in [4.78, 5) is 17.1. The Kier molecular flexibility index (Phi) is 6.48. The predicted molar refractivity (Wildman–Crippen MR) is 97.1 cm³/mol. The average molecular weight is 348 g/mol. The Morgan fingerprint density at radius 1 is 1.28 bits per heavy atom. The summed E-state index contributed by atoms with van der Waals surface area (Å²) in [5.41, 5.74) is 0.928. The number of amides is 1. The molecule has 2 aliphatic rings. The van der Waals surface area contributed by atoms with Crippen LogP contribution in [0.1, 0.15) is 50.5 Å². The van der Waals surface area contributed by atoms with Crippen molar-refractivity contribution >= 4 is 5.91 Å². The Bertz CT molecular complexity index is 545. The van der Waals surface area contributed by atoms with E-state index in [2.05, 4.69) is 20.3 Å². The maximum atomic E-state index is 12.5. The highest BCUT2D eigenvalue weighted by Gasteiger charge is 2.26. The zero-order valence-corrected chi connectivity index (χ0v) is 15.7. The number of aryl methyl sites for hydroxylation is 1. The lowest BCUT2D eigenvalue weighted by Crippen LogP contribution is -2.54. The number of hydrogen-bond donors (Lipinski definition) is 1. The molecule has 6 nitrogen and oxygen atoms in total. The van der Waals surface area contributed by atoms with Crippen molar-refractivity contribution in [2.75, 3.05) is 32.7 Å². The molecule has 0 aromatic carbocycles. The van der Waals surface area contributed by atoms with Crippen molar-refractivity contribution in [1.29, 1.82) is 0 Å². The molecule has 3 rings (SSSR count). The maximum absolute atomic E-state index is 12.5. The fraction of sp³-hybridized carbons (Fsp3) is 0.789.